The Morgan fingerprint density at radius 2 is 1.83 bits per heavy atom. The Hall–Kier alpha value is -0.620. The van der Waals surface area contributed by atoms with Crippen molar-refractivity contribution in [2.45, 2.75) is 19.8 Å². The number of carbonyl (C=O) groups excluding carboxylic acids is 1. The van der Waals surface area contributed by atoms with Crippen molar-refractivity contribution in [2.24, 2.45) is 0 Å². The van der Waals surface area contributed by atoms with Crippen LogP contribution in [0.1, 0.15) is 19.8 Å². The van der Waals surface area contributed by atoms with E-state index in [1.54, 1.807) is 0 Å². The first kappa shape index (κ1) is 11.4. The monoisotopic (exact) mass is 196 g/mol. The molecule has 0 atom stereocenters. The van der Waals surface area contributed by atoms with Gasteiger partial charge in [0.25, 0.3) is 11.0 Å². The van der Waals surface area contributed by atoms with E-state index >= 15 is 0 Å². The molecule has 0 saturated carbocycles. The van der Waals surface area contributed by atoms with Crippen LogP contribution < -0.4 is 0 Å². The van der Waals surface area contributed by atoms with E-state index in [1.807, 2.05) is 0 Å². The molecule has 0 bridgehead atoms. The lowest BCUT2D eigenvalue weighted by Crippen LogP contribution is -2.02. The highest BCUT2D eigenvalue weighted by Gasteiger charge is 1.93. The molecule has 0 aliphatic rings. The van der Waals surface area contributed by atoms with Crippen LogP contribution in [0.4, 0.5) is 0 Å². The van der Waals surface area contributed by atoms with Gasteiger partial charge in [0.2, 0.25) is 0 Å². The average Bonchev–Trinajstić information content (AvgIpc) is 1.95. The number of thiol groups is 1. The van der Waals surface area contributed by atoms with Gasteiger partial charge in [-0.1, -0.05) is 0 Å². The number of rotatable bonds is 6. The lowest BCUT2D eigenvalue weighted by molar-refractivity contribution is -0.141. The predicted octanol–water partition coefficient (Wildman–Crippen LogP) is -0.127. The van der Waals surface area contributed by atoms with E-state index in [-0.39, 0.29) is 12.6 Å². The number of hydrogen-bond donors (Lipinski definition) is 1. The molecule has 0 amide bonds. The molecule has 12 heavy (non-hydrogen) atoms. The fourth-order valence-electron chi connectivity index (χ4n) is 0.559. The van der Waals surface area contributed by atoms with Gasteiger partial charge in [-0.2, -0.15) is 0 Å². The summed E-state index contributed by atoms with van der Waals surface area (Å²) in [6, 6.07) is 0. The summed E-state index contributed by atoms with van der Waals surface area (Å²) >= 11 is 0. The summed E-state index contributed by atoms with van der Waals surface area (Å²) in [7, 11) is -2.74. The summed E-state index contributed by atoms with van der Waals surface area (Å²) in [5.41, 5.74) is 0. The van der Waals surface area contributed by atoms with Crippen molar-refractivity contribution in [3.05, 3.63) is 0 Å². The van der Waals surface area contributed by atoms with Gasteiger partial charge in [-0.25, -0.2) is 8.42 Å². The minimum Gasteiger partial charge on any atom is -0.466 e. The van der Waals surface area contributed by atoms with Crippen LogP contribution in [0.15, 0.2) is 0 Å². The molecule has 0 aromatic carbocycles. The van der Waals surface area contributed by atoms with Crippen molar-refractivity contribution in [1.29, 1.82) is 0 Å². The van der Waals surface area contributed by atoms with Crippen LogP contribution >= 0.6 is 0 Å². The van der Waals surface area contributed by atoms with Crippen LogP contribution in [0.5, 0.6) is 0 Å². The first-order valence-electron chi connectivity index (χ1n) is 3.53. The molecule has 5 nitrogen and oxygen atoms in total. The zero-order valence-electron chi connectivity index (χ0n) is 6.82. The highest BCUT2D eigenvalue weighted by atomic mass is 32.2. The van der Waals surface area contributed by atoms with Gasteiger partial charge in [-0.05, 0) is 12.8 Å². The van der Waals surface area contributed by atoms with Crippen LogP contribution in [-0.2, 0) is 24.7 Å². The molecule has 6 heteroatoms. The Labute approximate surface area is 72.8 Å². The molecule has 0 rings (SSSR count). The quantitative estimate of drug-likeness (QED) is 0.364. The Balaban J connectivity index is 3.06. The maximum Gasteiger partial charge on any atom is 0.302 e. The van der Waals surface area contributed by atoms with Crippen molar-refractivity contribution >= 4 is 17.0 Å². The van der Waals surface area contributed by atoms with Crippen molar-refractivity contribution < 1.29 is 22.1 Å². The lowest BCUT2D eigenvalue weighted by Gasteiger charge is -1.99. The minimum absolute atomic E-state index is 0.153. The van der Waals surface area contributed by atoms with Crippen LogP contribution in [0, 0.1) is 0 Å². The molecule has 0 unspecified atom stereocenters. The summed E-state index contributed by atoms with van der Waals surface area (Å²) < 4.78 is 28.6. The van der Waals surface area contributed by atoms with E-state index in [1.165, 1.54) is 6.92 Å². The fraction of sp³-hybridized carbons (Fsp3) is 0.833. The third-order valence-corrected chi connectivity index (χ3v) is 1.43. The van der Waals surface area contributed by atoms with Gasteiger partial charge in [-0.3, -0.25) is 8.98 Å². The molecule has 0 saturated heterocycles. The summed E-state index contributed by atoms with van der Waals surface area (Å²) in [5.74, 6) is -0.328. The highest BCUT2D eigenvalue weighted by molar-refractivity contribution is 7.67. The van der Waals surface area contributed by atoms with Crippen LogP contribution in [0.25, 0.3) is 0 Å². The molecule has 0 aromatic rings. The molecule has 0 spiro atoms. The standard InChI is InChI=1S/C6H12O5S/c1-6(7)10-4-2-3-5-11-12(8)9/h12H,2-5H2,1H3. The molecular weight excluding hydrogens is 184 g/mol. The molecule has 0 aliphatic heterocycles. The molecule has 0 fully saturated rings. The molecule has 0 heterocycles. The maximum absolute atomic E-state index is 10.2. The maximum atomic E-state index is 10.2. The zero-order valence-corrected chi connectivity index (χ0v) is 7.71. The fourth-order valence-corrected chi connectivity index (χ4v) is 0.837. The molecule has 72 valence electrons. The van der Waals surface area contributed by atoms with E-state index in [9.17, 15) is 13.2 Å². The minimum atomic E-state index is -2.74. The van der Waals surface area contributed by atoms with Gasteiger partial charge >= 0.3 is 5.97 Å². The third-order valence-electron chi connectivity index (χ3n) is 1.04. The zero-order chi connectivity index (χ0) is 9.40. The largest absolute Gasteiger partial charge is 0.466 e. The topological polar surface area (TPSA) is 69.7 Å². The van der Waals surface area contributed by atoms with Crippen molar-refractivity contribution in [3.8, 4) is 0 Å². The summed E-state index contributed by atoms with van der Waals surface area (Å²) in [6.45, 7) is 1.79. The summed E-state index contributed by atoms with van der Waals surface area (Å²) in [5, 5.41) is 0. The Bertz CT molecular complexity index is 190. The number of ether oxygens (including phenoxy) is 1. The van der Waals surface area contributed by atoms with E-state index in [0.29, 0.717) is 19.4 Å². The summed E-state index contributed by atoms with van der Waals surface area (Å²) in [6.07, 6.45) is 1.18. The van der Waals surface area contributed by atoms with Gasteiger partial charge in [0.15, 0.2) is 0 Å². The smallest absolute Gasteiger partial charge is 0.302 e. The molecule has 0 aliphatic carbocycles. The second-order valence-corrected chi connectivity index (χ2v) is 2.81. The van der Waals surface area contributed by atoms with Gasteiger partial charge in [-0.15, -0.1) is 0 Å². The van der Waals surface area contributed by atoms with Crippen molar-refractivity contribution in [2.75, 3.05) is 13.2 Å². The van der Waals surface area contributed by atoms with Crippen LogP contribution in [0.2, 0.25) is 0 Å². The molecule has 0 aromatic heterocycles. The van der Waals surface area contributed by atoms with Gasteiger partial charge < -0.3 is 4.74 Å². The molecule has 0 radical (unpaired) electrons. The Morgan fingerprint density at radius 3 is 2.33 bits per heavy atom. The number of unbranched alkanes of at least 4 members (excludes halogenated alkanes) is 1. The van der Waals surface area contributed by atoms with Gasteiger partial charge in [0, 0.05) is 6.92 Å². The van der Waals surface area contributed by atoms with Gasteiger partial charge in [0.1, 0.15) is 0 Å². The van der Waals surface area contributed by atoms with Crippen LogP contribution in [-0.4, -0.2) is 27.6 Å². The average molecular weight is 196 g/mol. The number of esters is 1. The number of hydrogen-bond acceptors (Lipinski definition) is 5. The van der Waals surface area contributed by atoms with E-state index in [0.717, 1.165) is 0 Å². The first-order chi connectivity index (χ1) is 5.63. The van der Waals surface area contributed by atoms with E-state index in [2.05, 4.69) is 8.92 Å². The normalized spacial score (nSPS) is 10.2. The second kappa shape index (κ2) is 7.05. The first-order valence-corrected chi connectivity index (χ1v) is 4.63. The second-order valence-electron chi connectivity index (χ2n) is 2.10. The Morgan fingerprint density at radius 1 is 1.25 bits per heavy atom. The third kappa shape index (κ3) is 9.38. The van der Waals surface area contributed by atoms with E-state index in [4.69, 9.17) is 0 Å². The predicted molar refractivity (Wildman–Crippen MR) is 42.1 cm³/mol. The Kier molecular flexibility index (Phi) is 6.69. The van der Waals surface area contributed by atoms with Gasteiger partial charge in [0.05, 0.1) is 13.2 Å². The molecular formula is C6H12O5S. The van der Waals surface area contributed by atoms with Crippen molar-refractivity contribution in [1.82, 2.24) is 0 Å². The van der Waals surface area contributed by atoms with Crippen LogP contribution in [0.3, 0.4) is 0 Å². The summed E-state index contributed by atoms with van der Waals surface area (Å²) in [4.78, 5) is 10.2. The van der Waals surface area contributed by atoms with E-state index < -0.39 is 11.0 Å². The lowest BCUT2D eigenvalue weighted by atomic mass is 10.3. The highest BCUT2D eigenvalue weighted by Crippen LogP contribution is 1.91. The number of carbonyl (C=O) groups is 1. The van der Waals surface area contributed by atoms with Crippen molar-refractivity contribution in [3.63, 3.8) is 0 Å². The molecule has 0 N–H and O–H groups in total. The SMILES string of the molecule is CC(=O)OCCCCO[SH](=O)=O.